The van der Waals surface area contributed by atoms with Crippen molar-refractivity contribution >= 4 is 0 Å². The van der Waals surface area contributed by atoms with Gasteiger partial charge in [0.15, 0.2) is 0 Å². The van der Waals surface area contributed by atoms with Crippen LogP contribution in [0.15, 0.2) is 48.7 Å². The number of aliphatic hydroxyl groups is 1. The van der Waals surface area contributed by atoms with E-state index in [1.54, 1.807) is 12.1 Å². The van der Waals surface area contributed by atoms with Gasteiger partial charge in [-0.25, -0.2) is 4.39 Å². The van der Waals surface area contributed by atoms with Crippen LogP contribution >= 0.6 is 0 Å². The number of piperidine rings is 1. The Kier molecular flexibility index (Phi) is 5.03. The second-order valence-electron chi connectivity index (χ2n) is 6.44. The van der Waals surface area contributed by atoms with Crippen molar-refractivity contribution in [2.45, 2.75) is 31.3 Å². The predicted molar refractivity (Wildman–Crippen MR) is 88.7 cm³/mol. The number of pyridine rings is 1. The van der Waals surface area contributed by atoms with Gasteiger partial charge in [0.2, 0.25) is 0 Å². The van der Waals surface area contributed by atoms with Gasteiger partial charge < -0.3 is 10.0 Å². The van der Waals surface area contributed by atoms with E-state index in [0.29, 0.717) is 6.42 Å². The van der Waals surface area contributed by atoms with Crippen LogP contribution in [0, 0.1) is 5.82 Å². The number of rotatable bonds is 5. The molecule has 0 aliphatic carbocycles. The third kappa shape index (κ3) is 4.60. The molecule has 23 heavy (non-hydrogen) atoms. The largest absolute Gasteiger partial charge is 0.389 e. The standard InChI is InChI=1S/C19H23FN2O/c20-17-6-4-16(5-7-17)15-19(23)9-13-22(14-10-19)12-8-18-3-1-2-11-21-18/h1-7,11,23H,8-10,12-15H2. The number of hydrogen-bond acceptors (Lipinski definition) is 3. The van der Waals surface area contributed by atoms with E-state index in [1.165, 1.54) is 12.1 Å². The van der Waals surface area contributed by atoms with Crippen LogP contribution < -0.4 is 0 Å². The first-order valence-electron chi connectivity index (χ1n) is 8.22. The number of hydrogen-bond donors (Lipinski definition) is 1. The van der Waals surface area contributed by atoms with E-state index < -0.39 is 5.60 Å². The van der Waals surface area contributed by atoms with Crippen LogP contribution in [0.1, 0.15) is 24.1 Å². The minimum Gasteiger partial charge on any atom is -0.389 e. The number of nitrogens with zero attached hydrogens (tertiary/aromatic N) is 2. The van der Waals surface area contributed by atoms with E-state index in [-0.39, 0.29) is 5.82 Å². The second-order valence-corrected chi connectivity index (χ2v) is 6.44. The predicted octanol–water partition coefficient (Wildman–Crippen LogP) is 2.83. The Morgan fingerprint density at radius 1 is 1.09 bits per heavy atom. The van der Waals surface area contributed by atoms with Gasteiger partial charge in [-0.3, -0.25) is 4.98 Å². The van der Waals surface area contributed by atoms with Crippen molar-refractivity contribution in [1.82, 2.24) is 9.88 Å². The molecule has 1 aromatic carbocycles. The molecular formula is C19H23FN2O. The third-order valence-electron chi connectivity index (χ3n) is 4.64. The van der Waals surface area contributed by atoms with Crippen LogP contribution in [0.4, 0.5) is 4.39 Å². The molecule has 1 aliphatic rings. The maximum absolute atomic E-state index is 13.0. The molecule has 0 atom stereocenters. The molecule has 0 amide bonds. The van der Waals surface area contributed by atoms with Crippen molar-refractivity contribution in [3.8, 4) is 0 Å². The van der Waals surface area contributed by atoms with Crippen molar-refractivity contribution in [1.29, 1.82) is 0 Å². The minimum atomic E-state index is -0.667. The molecule has 3 rings (SSSR count). The van der Waals surface area contributed by atoms with Crippen LogP contribution in [0.3, 0.4) is 0 Å². The molecule has 122 valence electrons. The minimum absolute atomic E-state index is 0.231. The Hall–Kier alpha value is -1.78. The summed E-state index contributed by atoms with van der Waals surface area (Å²) < 4.78 is 13.0. The molecule has 0 spiro atoms. The second kappa shape index (κ2) is 7.20. The van der Waals surface area contributed by atoms with Crippen molar-refractivity contribution in [3.05, 3.63) is 65.7 Å². The van der Waals surface area contributed by atoms with Gasteiger partial charge in [-0.05, 0) is 42.7 Å². The molecule has 3 nitrogen and oxygen atoms in total. The summed E-state index contributed by atoms with van der Waals surface area (Å²) >= 11 is 0. The summed E-state index contributed by atoms with van der Waals surface area (Å²) in [6.45, 7) is 2.76. The normalized spacial score (nSPS) is 18.0. The van der Waals surface area contributed by atoms with Crippen LogP contribution in [-0.2, 0) is 12.8 Å². The molecule has 2 aromatic rings. The average Bonchev–Trinajstić information content (AvgIpc) is 2.57. The highest BCUT2D eigenvalue weighted by atomic mass is 19.1. The molecule has 0 unspecified atom stereocenters. The smallest absolute Gasteiger partial charge is 0.123 e. The number of aromatic nitrogens is 1. The molecular weight excluding hydrogens is 291 g/mol. The lowest BCUT2D eigenvalue weighted by Crippen LogP contribution is -2.46. The summed E-state index contributed by atoms with van der Waals surface area (Å²) in [6.07, 6.45) is 4.88. The SMILES string of the molecule is OC1(Cc2ccc(F)cc2)CCN(CCc2ccccn2)CC1. The molecule has 0 saturated carbocycles. The van der Waals surface area contributed by atoms with Gasteiger partial charge in [0.25, 0.3) is 0 Å². The fraction of sp³-hybridized carbons (Fsp3) is 0.421. The van der Waals surface area contributed by atoms with Gasteiger partial charge in [-0.1, -0.05) is 18.2 Å². The summed E-state index contributed by atoms with van der Waals surface area (Å²) in [5.74, 6) is -0.231. The monoisotopic (exact) mass is 314 g/mol. The van der Waals surface area contributed by atoms with Gasteiger partial charge in [0.1, 0.15) is 5.82 Å². The number of likely N-dealkylation sites (tertiary alicyclic amines) is 1. The molecule has 2 heterocycles. The van der Waals surface area contributed by atoms with E-state index in [2.05, 4.69) is 16.0 Å². The first-order valence-corrected chi connectivity index (χ1v) is 8.22. The summed E-state index contributed by atoms with van der Waals surface area (Å²) in [5, 5.41) is 10.8. The Bertz CT molecular complexity index is 607. The van der Waals surface area contributed by atoms with E-state index in [1.807, 2.05) is 18.3 Å². The van der Waals surface area contributed by atoms with Crippen molar-refractivity contribution in [2.75, 3.05) is 19.6 Å². The Balaban J connectivity index is 1.48. The summed E-state index contributed by atoms with van der Waals surface area (Å²) in [5.41, 5.74) is 1.44. The highest BCUT2D eigenvalue weighted by Crippen LogP contribution is 2.26. The Morgan fingerprint density at radius 3 is 2.48 bits per heavy atom. The molecule has 1 saturated heterocycles. The third-order valence-corrected chi connectivity index (χ3v) is 4.64. The molecule has 0 radical (unpaired) electrons. The number of halogens is 1. The van der Waals surface area contributed by atoms with E-state index in [9.17, 15) is 9.50 Å². The van der Waals surface area contributed by atoms with Crippen molar-refractivity contribution < 1.29 is 9.50 Å². The molecule has 1 N–H and O–H groups in total. The Labute approximate surface area is 136 Å². The fourth-order valence-electron chi connectivity index (χ4n) is 3.17. The molecule has 1 fully saturated rings. The first-order chi connectivity index (χ1) is 11.1. The van der Waals surface area contributed by atoms with Gasteiger partial charge in [-0.2, -0.15) is 0 Å². The van der Waals surface area contributed by atoms with E-state index in [4.69, 9.17) is 0 Å². The van der Waals surface area contributed by atoms with Crippen LogP contribution in [0.25, 0.3) is 0 Å². The van der Waals surface area contributed by atoms with Crippen molar-refractivity contribution in [2.24, 2.45) is 0 Å². The van der Waals surface area contributed by atoms with Gasteiger partial charge in [-0.15, -0.1) is 0 Å². The zero-order valence-electron chi connectivity index (χ0n) is 13.3. The van der Waals surface area contributed by atoms with Gasteiger partial charge in [0.05, 0.1) is 5.60 Å². The van der Waals surface area contributed by atoms with Gasteiger partial charge in [0, 0.05) is 44.4 Å². The average molecular weight is 314 g/mol. The lowest BCUT2D eigenvalue weighted by molar-refractivity contribution is -0.0203. The highest BCUT2D eigenvalue weighted by molar-refractivity contribution is 5.18. The number of benzene rings is 1. The zero-order chi connectivity index (χ0) is 16.1. The molecule has 0 bridgehead atoms. The highest BCUT2D eigenvalue weighted by Gasteiger charge is 2.32. The van der Waals surface area contributed by atoms with Crippen LogP contribution in [0.2, 0.25) is 0 Å². The van der Waals surface area contributed by atoms with Gasteiger partial charge >= 0.3 is 0 Å². The van der Waals surface area contributed by atoms with Crippen LogP contribution in [-0.4, -0.2) is 40.2 Å². The van der Waals surface area contributed by atoms with E-state index in [0.717, 1.165) is 50.2 Å². The molecule has 1 aromatic heterocycles. The quantitative estimate of drug-likeness (QED) is 0.922. The summed E-state index contributed by atoms with van der Waals surface area (Å²) in [4.78, 5) is 6.73. The topological polar surface area (TPSA) is 36.4 Å². The van der Waals surface area contributed by atoms with Crippen LogP contribution in [0.5, 0.6) is 0 Å². The Morgan fingerprint density at radius 2 is 1.83 bits per heavy atom. The summed E-state index contributed by atoms with van der Waals surface area (Å²) in [7, 11) is 0. The summed E-state index contributed by atoms with van der Waals surface area (Å²) in [6, 6.07) is 12.4. The van der Waals surface area contributed by atoms with Crippen molar-refractivity contribution in [3.63, 3.8) is 0 Å². The maximum atomic E-state index is 13.0. The fourth-order valence-corrected chi connectivity index (χ4v) is 3.17. The maximum Gasteiger partial charge on any atom is 0.123 e. The lowest BCUT2D eigenvalue weighted by atomic mass is 9.85. The first kappa shape index (κ1) is 16.1. The van der Waals surface area contributed by atoms with E-state index >= 15 is 0 Å². The zero-order valence-corrected chi connectivity index (χ0v) is 13.3. The molecule has 4 heteroatoms. The molecule has 1 aliphatic heterocycles. The lowest BCUT2D eigenvalue weighted by Gasteiger charge is -2.38.